The molecule has 0 saturated heterocycles. The number of rotatable bonds is 0. The van der Waals surface area contributed by atoms with Crippen LogP contribution in [0.3, 0.4) is 0 Å². The van der Waals surface area contributed by atoms with Crippen LogP contribution in [0.5, 0.6) is 0 Å². The van der Waals surface area contributed by atoms with E-state index in [0.717, 1.165) is 13.0 Å². The van der Waals surface area contributed by atoms with Crippen LogP contribution in [-0.2, 0) is 13.0 Å². The van der Waals surface area contributed by atoms with E-state index in [2.05, 4.69) is 53.8 Å². The van der Waals surface area contributed by atoms with Gasteiger partial charge in [0, 0.05) is 12.2 Å². The molecule has 0 atom stereocenters. The smallest absolute Gasteiger partial charge is 0.0403 e. The van der Waals surface area contributed by atoms with Crippen molar-refractivity contribution in [1.29, 1.82) is 0 Å². The Morgan fingerprint density at radius 2 is 1.38 bits per heavy atom. The third kappa shape index (κ3) is 1.91. The molecule has 0 bridgehead atoms. The fourth-order valence-corrected chi connectivity index (χ4v) is 2.14. The first-order valence-electron chi connectivity index (χ1n) is 5.32. The van der Waals surface area contributed by atoms with E-state index in [1.165, 1.54) is 22.4 Å². The standard InChI is InChI=1S/C14H13N.ClH/c1-2-7-13-10-15-14-8-4-3-6-12(14)9-11(13)5-1;/h1-8,15H,9-10H2;1H. The molecule has 2 aromatic carbocycles. The molecule has 82 valence electrons. The third-order valence-corrected chi connectivity index (χ3v) is 2.99. The molecule has 0 aliphatic carbocycles. The molecule has 16 heavy (non-hydrogen) atoms. The van der Waals surface area contributed by atoms with Crippen molar-refractivity contribution in [2.75, 3.05) is 5.32 Å². The van der Waals surface area contributed by atoms with Crippen molar-refractivity contribution in [3.63, 3.8) is 0 Å². The average Bonchev–Trinajstić information content (AvgIpc) is 2.48. The zero-order valence-electron chi connectivity index (χ0n) is 8.94. The first-order chi connectivity index (χ1) is 7.43. The van der Waals surface area contributed by atoms with Crippen LogP contribution in [0, 0.1) is 0 Å². The molecule has 1 nitrogen and oxygen atoms in total. The van der Waals surface area contributed by atoms with Crippen molar-refractivity contribution in [3.05, 3.63) is 65.2 Å². The van der Waals surface area contributed by atoms with Crippen LogP contribution < -0.4 is 5.32 Å². The maximum atomic E-state index is 3.48. The lowest BCUT2D eigenvalue weighted by atomic mass is 10.0. The lowest BCUT2D eigenvalue weighted by molar-refractivity contribution is 1.12. The highest BCUT2D eigenvalue weighted by molar-refractivity contribution is 5.85. The highest BCUT2D eigenvalue weighted by atomic mass is 35.5. The maximum absolute atomic E-state index is 3.48. The molecule has 0 radical (unpaired) electrons. The lowest BCUT2D eigenvalue weighted by Gasteiger charge is -2.05. The van der Waals surface area contributed by atoms with Crippen LogP contribution in [0.15, 0.2) is 48.5 Å². The molecule has 1 N–H and O–H groups in total. The summed E-state index contributed by atoms with van der Waals surface area (Å²) in [6.45, 7) is 0.938. The zero-order valence-corrected chi connectivity index (χ0v) is 9.76. The van der Waals surface area contributed by atoms with Crippen molar-refractivity contribution < 1.29 is 0 Å². The Morgan fingerprint density at radius 3 is 2.19 bits per heavy atom. The quantitative estimate of drug-likeness (QED) is 0.730. The van der Waals surface area contributed by atoms with E-state index >= 15 is 0 Å². The number of anilines is 1. The molecule has 0 fully saturated rings. The largest absolute Gasteiger partial charge is 0.381 e. The van der Waals surface area contributed by atoms with Crippen molar-refractivity contribution in [2.45, 2.75) is 13.0 Å². The van der Waals surface area contributed by atoms with E-state index in [1.54, 1.807) is 0 Å². The van der Waals surface area contributed by atoms with Gasteiger partial charge in [0.15, 0.2) is 0 Å². The van der Waals surface area contributed by atoms with Crippen LogP contribution in [-0.4, -0.2) is 0 Å². The molecular formula is C14H14ClN. The minimum atomic E-state index is 0. The fourth-order valence-electron chi connectivity index (χ4n) is 2.14. The Bertz CT molecular complexity index is 448. The number of fused-ring (bicyclic) bond motifs is 2. The van der Waals surface area contributed by atoms with Gasteiger partial charge in [0.1, 0.15) is 0 Å². The maximum Gasteiger partial charge on any atom is 0.0403 e. The number of hydrogen-bond acceptors (Lipinski definition) is 1. The molecule has 0 spiro atoms. The second-order valence-corrected chi connectivity index (χ2v) is 3.96. The fraction of sp³-hybridized carbons (Fsp3) is 0.143. The van der Waals surface area contributed by atoms with E-state index < -0.39 is 0 Å². The summed E-state index contributed by atoms with van der Waals surface area (Å²) >= 11 is 0. The molecule has 0 aromatic heterocycles. The van der Waals surface area contributed by atoms with Gasteiger partial charge in [-0.05, 0) is 29.2 Å². The summed E-state index contributed by atoms with van der Waals surface area (Å²) in [7, 11) is 0. The van der Waals surface area contributed by atoms with Gasteiger partial charge in [0.25, 0.3) is 0 Å². The predicted molar refractivity (Wildman–Crippen MR) is 70.3 cm³/mol. The van der Waals surface area contributed by atoms with Crippen LogP contribution in [0.25, 0.3) is 0 Å². The molecule has 1 aliphatic heterocycles. The summed E-state index contributed by atoms with van der Waals surface area (Å²) < 4.78 is 0. The van der Waals surface area contributed by atoms with Gasteiger partial charge in [-0.3, -0.25) is 0 Å². The van der Waals surface area contributed by atoms with Gasteiger partial charge < -0.3 is 5.32 Å². The van der Waals surface area contributed by atoms with Gasteiger partial charge in [-0.15, -0.1) is 12.4 Å². The van der Waals surface area contributed by atoms with Crippen LogP contribution in [0.2, 0.25) is 0 Å². The van der Waals surface area contributed by atoms with Crippen molar-refractivity contribution in [3.8, 4) is 0 Å². The molecule has 1 aliphatic rings. The topological polar surface area (TPSA) is 12.0 Å². The van der Waals surface area contributed by atoms with Gasteiger partial charge >= 0.3 is 0 Å². The molecule has 0 amide bonds. The number of para-hydroxylation sites is 1. The van der Waals surface area contributed by atoms with Gasteiger partial charge in [-0.25, -0.2) is 0 Å². The van der Waals surface area contributed by atoms with E-state index in [4.69, 9.17) is 0 Å². The molecular weight excluding hydrogens is 218 g/mol. The second-order valence-electron chi connectivity index (χ2n) is 3.96. The summed E-state index contributed by atoms with van der Waals surface area (Å²) in [4.78, 5) is 0. The van der Waals surface area contributed by atoms with Crippen molar-refractivity contribution in [2.24, 2.45) is 0 Å². The van der Waals surface area contributed by atoms with E-state index in [-0.39, 0.29) is 12.4 Å². The normalized spacial score (nSPS) is 12.5. The number of nitrogens with one attached hydrogen (secondary N) is 1. The first-order valence-corrected chi connectivity index (χ1v) is 5.32. The Hall–Kier alpha value is -1.47. The predicted octanol–water partition coefficient (Wildman–Crippen LogP) is 3.62. The van der Waals surface area contributed by atoms with E-state index in [1.807, 2.05) is 0 Å². The highest BCUT2D eigenvalue weighted by Gasteiger charge is 2.10. The summed E-state index contributed by atoms with van der Waals surface area (Å²) in [6.07, 6.45) is 1.04. The number of benzene rings is 2. The highest BCUT2D eigenvalue weighted by Crippen LogP contribution is 2.25. The third-order valence-electron chi connectivity index (χ3n) is 2.99. The van der Waals surface area contributed by atoms with Gasteiger partial charge in [0.2, 0.25) is 0 Å². The van der Waals surface area contributed by atoms with Crippen LogP contribution in [0.4, 0.5) is 5.69 Å². The summed E-state index contributed by atoms with van der Waals surface area (Å²) in [5, 5.41) is 3.48. The molecule has 1 heterocycles. The Morgan fingerprint density at radius 1 is 0.750 bits per heavy atom. The van der Waals surface area contributed by atoms with Gasteiger partial charge in [-0.2, -0.15) is 0 Å². The van der Waals surface area contributed by atoms with Gasteiger partial charge in [0.05, 0.1) is 0 Å². The molecule has 2 heteroatoms. The van der Waals surface area contributed by atoms with Crippen LogP contribution in [0.1, 0.15) is 16.7 Å². The molecule has 0 unspecified atom stereocenters. The van der Waals surface area contributed by atoms with Gasteiger partial charge in [-0.1, -0.05) is 42.5 Å². The minimum Gasteiger partial charge on any atom is -0.381 e. The summed E-state index contributed by atoms with van der Waals surface area (Å²) in [5.41, 5.74) is 5.51. The first kappa shape index (κ1) is 11.0. The summed E-state index contributed by atoms with van der Waals surface area (Å²) in [5.74, 6) is 0. The van der Waals surface area contributed by atoms with E-state index in [0.29, 0.717) is 0 Å². The molecule has 0 saturated carbocycles. The summed E-state index contributed by atoms with van der Waals surface area (Å²) in [6, 6.07) is 17.2. The molecule has 3 rings (SSSR count). The number of hydrogen-bond donors (Lipinski definition) is 1. The van der Waals surface area contributed by atoms with Crippen LogP contribution >= 0.6 is 12.4 Å². The second kappa shape index (κ2) is 4.58. The average molecular weight is 232 g/mol. The Labute approximate surface area is 102 Å². The SMILES string of the molecule is Cl.c1ccc2c(c1)CNc1ccccc1C2. The van der Waals surface area contributed by atoms with E-state index in [9.17, 15) is 0 Å². The minimum absolute atomic E-state index is 0. The molecule has 2 aromatic rings. The Balaban J connectivity index is 0.000000963. The van der Waals surface area contributed by atoms with Crippen molar-refractivity contribution in [1.82, 2.24) is 0 Å². The monoisotopic (exact) mass is 231 g/mol. The Kier molecular flexibility index (Phi) is 3.16. The lowest BCUT2D eigenvalue weighted by Crippen LogP contribution is -1.98. The van der Waals surface area contributed by atoms with Crippen molar-refractivity contribution >= 4 is 18.1 Å². The number of halogens is 1. The zero-order chi connectivity index (χ0) is 10.1.